The maximum absolute atomic E-state index is 0. The molecule has 0 radical (unpaired) electrons. The zero-order valence-electron chi connectivity index (χ0n) is 15.0. The molecular weight excluding hydrogens is 398 g/mol. The fourth-order valence-corrected chi connectivity index (χ4v) is 0. The first-order valence-corrected chi connectivity index (χ1v) is 0. The molecule has 0 unspecified atom stereocenters. The van der Waals surface area contributed by atoms with Gasteiger partial charge in [0.2, 0.25) is 0 Å². The zero-order valence-corrected chi connectivity index (χ0v) is 17.0. The Labute approximate surface area is 182 Å². The van der Waals surface area contributed by atoms with Gasteiger partial charge < -0.3 is 123 Å². The van der Waals surface area contributed by atoms with Crippen LogP contribution in [0.2, 0.25) is 0 Å². The van der Waals surface area contributed by atoms with Crippen molar-refractivity contribution in [3.63, 3.8) is 0 Å². The average Bonchev–Trinajstić information content (AvgIpc) is 0. The van der Waals surface area contributed by atoms with Crippen molar-refractivity contribution in [2.45, 2.75) is 0 Å². The molecule has 0 aliphatic heterocycles. The van der Waals surface area contributed by atoms with Gasteiger partial charge in [-0.25, -0.2) is 0 Å². The van der Waals surface area contributed by atoms with Crippen molar-refractivity contribution in [2.24, 2.45) is 0 Å². The van der Waals surface area contributed by atoms with E-state index in [1.54, 1.807) is 0 Å². The van der Waals surface area contributed by atoms with Gasteiger partial charge in [-0.05, 0) is 0 Å². The van der Waals surface area contributed by atoms with Gasteiger partial charge in [-0.2, -0.15) is 0 Å². The molecule has 180 valence electrons. The van der Waals surface area contributed by atoms with Gasteiger partial charge in [0.25, 0.3) is 0 Å². The summed E-state index contributed by atoms with van der Waals surface area (Å²) in [6.45, 7) is 0. The molecule has 0 rings (SSSR count). The van der Waals surface area contributed by atoms with Crippen molar-refractivity contribution < 1.29 is 182 Å². The number of hydrogen-bond donors (Lipinski definition) is 0. The van der Waals surface area contributed by atoms with Crippen LogP contribution in [0.3, 0.4) is 0 Å². The summed E-state index contributed by atoms with van der Waals surface area (Å²) in [5.41, 5.74) is 0. The van der Waals surface area contributed by atoms with Crippen LogP contribution in [0.1, 0.15) is 2.85 Å². The van der Waals surface area contributed by atoms with Crippen LogP contribution in [0.15, 0.2) is 0 Å². The maximum atomic E-state index is 0. The second-order valence-electron chi connectivity index (χ2n) is 0. The Morgan fingerprint density at radius 3 is 0.125 bits per heavy atom. The van der Waals surface area contributed by atoms with Gasteiger partial charge in [-0.1, -0.05) is 0 Å². The Morgan fingerprint density at radius 1 is 0.125 bits per heavy atom. The zero-order chi connectivity index (χ0) is 0. The monoisotopic (exact) mass is 444 g/mol. The standard InChI is InChI=1S/2Na.22H2O.2H/h;;22*1H2;;/q2*+1;;;;;;;;;;;;;;;;;;;;;;;2*-1. The molecule has 0 bridgehead atoms. The van der Waals surface area contributed by atoms with Gasteiger partial charge in [0.05, 0.1) is 0 Å². The second kappa shape index (κ2) is 10300. The molecule has 0 heterocycles. The molecule has 0 aliphatic rings. The van der Waals surface area contributed by atoms with Crippen LogP contribution in [0.5, 0.6) is 0 Å². The molecule has 0 atom stereocenters. The number of rotatable bonds is 0. The van der Waals surface area contributed by atoms with Crippen LogP contribution in [0.4, 0.5) is 0 Å². The normalized spacial score (nSPS) is 0. The SMILES string of the molecule is O.O.O.O.O.O.O.O.O.O.O.O.O.O.O.O.O.O.O.O.O.O.[H-].[H-].[Na+].[Na+]. The Kier molecular flexibility index (Phi) is 4990000. The third-order valence-corrected chi connectivity index (χ3v) is 0. The Balaban J connectivity index is 0. The molecule has 24 heavy (non-hydrogen) atoms. The first-order valence-electron chi connectivity index (χ1n) is 0. The van der Waals surface area contributed by atoms with E-state index in [1.165, 1.54) is 0 Å². The topological polar surface area (TPSA) is 693 Å². The first-order chi connectivity index (χ1) is 0. The van der Waals surface area contributed by atoms with Gasteiger partial charge in [0, 0.05) is 0 Å². The van der Waals surface area contributed by atoms with Gasteiger partial charge in [-0.15, -0.1) is 0 Å². The molecule has 22 nitrogen and oxygen atoms in total. The Hall–Kier alpha value is 1.12. The Morgan fingerprint density at radius 2 is 0.125 bits per heavy atom. The molecule has 0 saturated heterocycles. The molecule has 0 aliphatic carbocycles. The van der Waals surface area contributed by atoms with Crippen molar-refractivity contribution in [1.29, 1.82) is 0 Å². The van der Waals surface area contributed by atoms with E-state index in [1.807, 2.05) is 0 Å². The Bertz CT molecular complexity index is 20.1. The van der Waals surface area contributed by atoms with Gasteiger partial charge in [0.15, 0.2) is 0 Å². The fraction of sp³-hybridized carbons (Fsp3) is 0. The second-order valence-corrected chi connectivity index (χ2v) is 0. The smallest absolute Gasteiger partial charge is 1.00 e. The van der Waals surface area contributed by atoms with E-state index < -0.39 is 0 Å². The van der Waals surface area contributed by atoms with Gasteiger partial charge in [0.1, 0.15) is 0 Å². The maximum Gasteiger partial charge on any atom is 1.00 e. The predicted octanol–water partition coefficient (Wildman–Crippen LogP) is -23.9. The van der Waals surface area contributed by atoms with Crippen molar-refractivity contribution >= 4 is 0 Å². The minimum absolute atomic E-state index is 0. The van der Waals surface area contributed by atoms with Crippen LogP contribution in [-0.2, 0) is 0 Å². The summed E-state index contributed by atoms with van der Waals surface area (Å²) in [6, 6.07) is 0. The van der Waals surface area contributed by atoms with Crippen molar-refractivity contribution in [3.8, 4) is 0 Å². The van der Waals surface area contributed by atoms with Gasteiger partial charge in [-0.3, -0.25) is 0 Å². The minimum Gasteiger partial charge on any atom is -1.00 e. The summed E-state index contributed by atoms with van der Waals surface area (Å²) in [7, 11) is 0. The molecule has 0 aromatic heterocycles. The molecule has 44 N–H and O–H groups in total. The van der Waals surface area contributed by atoms with Gasteiger partial charge >= 0.3 is 59.1 Å². The average molecular weight is 444 g/mol. The summed E-state index contributed by atoms with van der Waals surface area (Å²) >= 11 is 0. The third kappa shape index (κ3) is 9020. The van der Waals surface area contributed by atoms with Crippen molar-refractivity contribution in [1.82, 2.24) is 0 Å². The van der Waals surface area contributed by atoms with E-state index in [4.69, 9.17) is 0 Å². The molecule has 0 spiro atoms. The minimum atomic E-state index is 0. The summed E-state index contributed by atoms with van der Waals surface area (Å²) in [4.78, 5) is 0. The predicted molar refractivity (Wildman–Crippen MR) is 81.7 cm³/mol. The molecule has 0 aromatic rings. The molecular formula is H46Na2O22. The van der Waals surface area contributed by atoms with Crippen molar-refractivity contribution in [2.75, 3.05) is 0 Å². The van der Waals surface area contributed by atoms with Crippen LogP contribution >= 0.6 is 0 Å². The largest absolute Gasteiger partial charge is 1.00 e. The summed E-state index contributed by atoms with van der Waals surface area (Å²) in [6.07, 6.45) is 0. The molecule has 0 amide bonds. The summed E-state index contributed by atoms with van der Waals surface area (Å²) in [5, 5.41) is 0. The fourth-order valence-electron chi connectivity index (χ4n) is 0. The van der Waals surface area contributed by atoms with Crippen LogP contribution < -0.4 is 59.1 Å². The van der Waals surface area contributed by atoms with E-state index in [-0.39, 0.29) is 182 Å². The van der Waals surface area contributed by atoms with Crippen LogP contribution in [0.25, 0.3) is 0 Å². The van der Waals surface area contributed by atoms with E-state index >= 15 is 0 Å². The molecule has 24 heteroatoms. The van der Waals surface area contributed by atoms with Crippen LogP contribution in [-0.4, -0.2) is 120 Å². The van der Waals surface area contributed by atoms with Crippen LogP contribution in [0, 0.1) is 0 Å². The third-order valence-electron chi connectivity index (χ3n) is 0. The summed E-state index contributed by atoms with van der Waals surface area (Å²) in [5.74, 6) is 0. The molecule has 0 aromatic carbocycles. The summed E-state index contributed by atoms with van der Waals surface area (Å²) < 4.78 is 0. The van der Waals surface area contributed by atoms with E-state index in [0.717, 1.165) is 0 Å². The molecule has 0 fully saturated rings. The quantitative estimate of drug-likeness (QED) is 0.314. The molecule has 0 saturated carbocycles. The van der Waals surface area contributed by atoms with E-state index in [9.17, 15) is 0 Å². The number of hydrogen-bond acceptors (Lipinski definition) is 0. The first kappa shape index (κ1) is 11700. The van der Waals surface area contributed by atoms with Crippen molar-refractivity contribution in [3.05, 3.63) is 0 Å². The van der Waals surface area contributed by atoms with E-state index in [2.05, 4.69) is 0 Å². The van der Waals surface area contributed by atoms with E-state index in [0.29, 0.717) is 0 Å².